The summed E-state index contributed by atoms with van der Waals surface area (Å²) < 4.78 is 13.1. The van der Waals surface area contributed by atoms with Gasteiger partial charge in [0, 0.05) is 5.69 Å². The largest absolute Gasteiger partial charge is 0.332 e. The van der Waals surface area contributed by atoms with Crippen molar-refractivity contribution in [2.45, 2.75) is 13.8 Å². The molecule has 0 aliphatic rings. The smallest absolute Gasteiger partial charge is 0.295 e. The molecule has 0 radical (unpaired) electrons. The van der Waals surface area contributed by atoms with E-state index >= 15 is 0 Å². The fourth-order valence-electron chi connectivity index (χ4n) is 1.91. The lowest BCUT2D eigenvalue weighted by molar-refractivity contribution is -0.384. The number of rotatable bonds is 3. The van der Waals surface area contributed by atoms with Gasteiger partial charge >= 0.3 is 0 Å². The van der Waals surface area contributed by atoms with Crippen LogP contribution in [0.2, 0.25) is 0 Å². The number of nitrogens with one attached hydrogen (secondary N) is 2. The predicted octanol–water partition coefficient (Wildman–Crippen LogP) is 4.16. The second-order valence-corrected chi connectivity index (χ2v) is 5.22. The average Bonchev–Trinajstić information content (AvgIpc) is 2.44. The molecule has 0 unspecified atom stereocenters. The summed E-state index contributed by atoms with van der Waals surface area (Å²) in [7, 11) is 0. The molecule has 0 amide bonds. The van der Waals surface area contributed by atoms with Crippen molar-refractivity contribution in [2.24, 2.45) is 0 Å². The lowest BCUT2D eigenvalue weighted by Gasteiger charge is -2.13. The van der Waals surface area contributed by atoms with E-state index < -0.39 is 10.7 Å². The Morgan fingerprint density at radius 3 is 2.50 bits per heavy atom. The third-order valence-corrected chi connectivity index (χ3v) is 3.25. The SMILES string of the molecule is Cc1ccc(C)c(NC(=S)Nc2ccc(F)cc2[N+](=O)[O-])c1. The van der Waals surface area contributed by atoms with Crippen LogP contribution in [0.1, 0.15) is 11.1 Å². The molecule has 22 heavy (non-hydrogen) atoms. The van der Waals surface area contributed by atoms with Gasteiger partial charge in [-0.05, 0) is 55.4 Å². The van der Waals surface area contributed by atoms with E-state index in [9.17, 15) is 14.5 Å². The summed E-state index contributed by atoms with van der Waals surface area (Å²) in [6.45, 7) is 3.87. The van der Waals surface area contributed by atoms with Gasteiger partial charge in [0.15, 0.2) is 5.11 Å². The van der Waals surface area contributed by atoms with Crippen molar-refractivity contribution in [1.82, 2.24) is 0 Å². The third-order valence-electron chi connectivity index (χ3n) is 3.05. The van der Waals surface area contributed by atoms with Crippen molar-refractivity contribution in [2.75, 3.05) is 10.6 Å². The van der Waals surface area contributed by atoms with Crippen LogP contribution in [-0.2, 0) is 0 Å². The van der Waals surface area contributed by atoms with E-state index in [1.807, 2.05) is 32.0 Å². The number of hydrogen-bond acceptors (Lipinski definition) is 3. The van der Waals surface area contributed by atoms with E-state index in [1.54, 1.807) is 0 Å². The van der Waals surface area contributed by atoms with E-state index in [0.29, 0.717) is 0 Å². The Morgan fingerprint density at radius 2 is 1.82 bits per heavy atom. The molecule has 0 heterocycles. The summed E-state index contributed by atoms with van der Waals surface area (Å²) in [5.41, 5.74) is 2.62. The van der Waals surface area contributed by atoms with Gasteiger partial charge in [-0.25, -0.2) is 4.39 Å². The van der Waals surface area contributed by atoms with Crippen molar-refractivity contribution in [3.05, 3.63) is 63.5 Å². The van der Waals surface area contributed by atoms with Crippen LogP contribution in [0.5, 0.6) is 0 Å². The summed E-state index contributed by atoms with van der Waals surface area (Å²) in [6, 6.07) is 9.11. The maximum absolute atomic E-state index is 13.1. The summed E-state index contributed by atoms with van der Waals surface area (Å²) in [6.07, 6.45) is 0. The molecular weight excluding hydrogens is 305 g/mol. The van der Waals surface area contributed by atoms with E-state index in [0.717, 1.165) is 28.9 Å². The van der Waals surface area contributed by atoms with Crippen LogP contribution in [0.4, 0.5) is 21.5 Å². The molecule has 7 heteroatoms. The van der Waals surface area contributed by atoms with Gasteiger partial charge in [0.1, 0.15) is 11.5 Å². The van der Waals surface area contributed by atoms with Crippen molar-refractivity contribution >= 4 is 34.4 Å². The zero-order valence-electron chi connectivity index (χ0n) is 12.0. The van der Waals surface area contributed by atoms with Gasteiger partial charge in [0.05, 0.1) is 11.0 Å². The number of hydrogen-bond donors (Lipinski definition) is 2. The molecule has 0 saturated heterocycles. The monoisotopic (exact) mass is 319 g/mol. The van der Waals surface area contributed by atoms with Gasteiger partial charge in [-0.2, -0.15) is 0 Å². The van der Waals surface area contributed by atoms with Gasteiger partial charge in [-0.1, -0.05) is 12.1 Å². The minimum Gasteiger partial charge on any atom is -0.332 e. The first-order valence-electron chi connectivity index (χ1n) is 6.46. The molecular formula is C15H14FN3O2S. The van der Waals surface area contributed by atoms with E-state index in [2.05, 4.69) is 10.6 Å². The number of nitro benzene ring substituents is 1. The predicted molar refractivity (Wildman–Crippen MR) is 88.8 cm³/mol. The highest BCUT2D eigenvalue weighted by Gasteiger charge is 2.16. The van der Waals surface area contributed by atoms with Crippen LogP contribution in [-0.4, -0.2) is 10.0 Å². The Bertz CT molecular complexity index is 750. The lowest BCUT2D eigenvalue weighted by Crippen LogP contribution is -2.20. The number of thiocarbonyl (C=S) groups is 1. The van der Waals surface area contributed by atoms with Gasteiger partial charge < -0.3 is 10.6 Å². The summed E-state index contributed by atoms with van der Waals surface area (Å²) >= 11 is 5.16. The van der Waals surface area contributed by atoms with Crippen LogP contribution in [0, 0.1) is 29.8 Å². The molecule has 0 fully saturated rings. The summed E-state index contributed by atoms with van der Waals surface area (Å²) in [5, 5.41) is 16.9. The fraction of sp³-hybridized carbons (Fsp3) is 0.133. The van der Waals surface area contributed by atoms with Crippen LogP contribution in [0.3, 0.4) is 0 Å². The Hall–Kier alpha value is -2.54. The quantitative estimate of drug-likeness (QED) is 0.505. The zero-order valence-corrected chi connectivity index (χ0v) is 12.8. The Balaban J connectivity index is 2.19. The maximum atomic E-state index is 13.1. The topological polar surface area (TPSA) is 67.2 Å². The minimum absolute atomic E-state index is 0.134. The number of halogens is 1. The molecule has 0 atom stereocenters. The van der Waals surface area contributed by atoms with Gasteiger partial charge in [-0.15, -0.1) is 0 Å². The maximum Gasteiger partial charge on any atom is 0.295 e. The Labute approximate surface area is 132 Å². The first-order valence-corrected chi connectivity index (χ1v) is 6.87. The molecule has 0 bridgehead atoms. The Kier molecular flexibility index (Phi) is 4.67. The molecule has 2 N–H and O–H groups in total. The Morgan fingerprint density at radius 1 is 1.14 bits per heavy atom. The molecule has 0 aromatic heterocycles. The standard InChI is InChI=1S/C15H14FN3O2S/c1-9-3-4-10(2)13(7-9)18-15(22)17-12-6-5-11(16)8-14(12)19(20)21/h3-8H,1-2H3,(H2,17,18,22). The number of aryl methyl sites for hydroxylation is 2. The third kappa shape index (κ3) is 3.76. The van der Waals surface area contributed by atoms with Gasteiger partial charge in [0.2, 0.25) is 0 Å². The number of benzene rings is 2. The average molecular weight is 319 g/mol. The summed E-state index contributed by atoms with van der Waals surface area (Å²) in [4.78, 5) is 10.3. The number of anilines is 2. The van der Waals surface area contributed by atoms with Crippen molar-refractivity contribution in [3.63, 3.8) is 0 Å². The highest BCUT2D eigenvalue weighted by atomic mass is 32.1. The molecule has 5 nitrogen and oxygen atoms in total. The molecule has 2 rings (SSSR count). The highest BCUT2D eigenvalue weighted by Crippen LogP contribution is 2.25. The number of nitrogens with zero attached hydrogens (tertiary/aromatic N) is 1. The zero-order chi connectivity index (χ0) is 16.3. The van der Waals surface area contributed by atoms with Gasteiger partial charge in [-0.3, -0.25) is 10.1 Å². The lowest BCUT2D eigenvalue weighted by atomic mass is 10.1. The molecule has 2 aromatic rings. The molecule has 0 saturated carbocycles. The molecule has 114 valence electrons. The first kappa shape index (κ1) is 15.8. The fourth-order valence-corrected chi connectivity index (χ4v) is 2.13. The van der Waals surface area contributed by atoms with Crippen molar-refractivity contribution in [1.29, 1.82) is 0 Å². The van der Waals surface area contributed by atoms with Crippen LogP contribution in [0.15, 0.2) is 36.4 Å². The number of nitro groups is 1. The normalized spacial score (nSPS) is 10.1. The summed E-state index contributed by atoms with van der Waals surface area (Å²) in [5.74, 6) is -0.675. The second kappa shape index (κ2) is 6.48. The van der Waals surface area contributed by atoms with E-state index in [-0.39, 0.29) is 16.5 Å². The van der Waals surface area contributed by atoms with Crippen molar-refractivity contribution in [3.8, 4) is 0 Å². The van der Waals surface area contributed by atoms with Crippen LogP contribution in [0.25, 0.3) is 0 Å². The van der Waals surface area contributed by atoms with Crippen molar-refractivity contribution < 1.29 is 9.31 Å². The second-order valence-electron chi connectivity index (χ2n) is 4.82. The van der Waals surface area contributed by atoms with Gasteiger partial charge in [0.25, 0.3) is 5.69 Å². The van der Waals surface area contributed by atoms with Crippen LogP contribution >= 0.6 is 12.2 Å². The molecule has 0 spiro atoms. The molecule has 0 aliphatic heterocycles. The highest BCUT2D eigenvalue weighted by molar-refractivity contribution is 7.80. The van der Waals surface area contributed by atoms with Crippen LogP contribution < -0.4 is 10.6 Å². The first-order chi connectivity index (χ1) is 10.4. The minimum atomic E-state index is -0.675. The molecule has 0 aliphatic carbocycles. The van der Waals surface area contributed by atoms with E-state index in [1.165, 1.54) is 6.07 Å². The van der Waals surface area contributed by atoms with E-state index in [4.69, 9.17) is 12.2 Å². The molecule has 2 aromatic carbocycles.